The molecule has 100 valence electrons. The minimum Gasteiger partial charge on any atom is -0.393 e. The van der Waals surface area contributed by atoms with E-state index in [1.165, 1.54) is 19.3 Å². The number of nitrogens with one attached hydrogen (secondary N) is 2. The fourth-order valence-corrected chi connectivity index (χ4v) is 3.36. The fourth-order valence-electron chi connectivity index (χ4n) is 3.00. The first-order chi connectivity index (χ1) is 8.15. The molecule has 2 fully saturated rings. The van der Waals surface area contributed by atoms with E-state index in [9.17, 15) is 5.11 Å². The van der Waals surface area contributed by atoms with Crippen molar-refractivity contribution in [2.45, 2.75) is 69.1 Å². The molecule has 17 heavy (non-hydrogen) atoms. The van der Waals surface area contributed by atoms with Crippen LogP contribution in [0.3, 0.4) is 0 Å². The van der Waals surface area contributed by atoms with Crippen molar-refractivity contribution in [3.05, 3.63) is 0 Å². The molecule has 0 aromatic heterocycles. The van der Waals surface area contributed by atoms with Crippen LogP contribution in [0.25, 0.3) is 0 Å². The number of rotatable bonds is 3. The first kappa shape index (κ1) is 13.6. The minimum absolute atomic E-state index is 0.168. The molecule has 3 N–H and O–H groups in total. The largest absolute Gasteiger partial charge is 0.393 e. The third-order valence-corrected chi connectivity index (χ3v) is 4.52. The monoisotopic (exact) mass is 260 g/mol. The topological polar surface area (TPSA) is 44.3 Å². The second-order valence-electron chi connectivity index (χ2n) is 5.70. The predicted molar refractivity (Wildman–Crippen MR) is 71.2 cm³/mol. The fraction of sp³-hybridized carbons (Fsp3) is 1.00. The molecule has 0 aromatic rings. The maximum absolute atomic E-state index is 9.95. The standard InChI is InChI=1S/C13H25ClN2O/c1-9-3-2-4-13(16-9)15-8-10-7-11(14)5-6-12(10)17/h9-13,15-17H,2-8H2,1H3. The highest BCUT2D eigenvalue weighted by Crippen LogP contribution is 2.28. The zero-order chi connectivity index (χ0) is 12.3. The SMILES string of the molecule is CC1CCCC(NCC2CC(Cl)CCC2O)N1. The quantitative estimate of drug-likeness (QED) is 0.679. The van der Waals surface area contributed by atoms with Gasteiger partial charge in [-0.15, -0.1) is 11.6 Å². The van der Waals surface area contributed by atoms with Crippen LogP contribution in [0.2, 0.25) is 0 Å². The molecule has 5 atom stereocenters. The van der Waals surface area contributed by atoms with Gasteiger partial charge >= 0.3 is 0 Å². The number of hydrogen-bond acceptors (Lipinski definition) is 3. The van der Waals surface area contributed by atoms with E-state index in [0.717, 1.165) is 25.8 Å². The molecule has 1 aliphatic heterocycles. The van der Waals surface area contributed by atoms with E-state index in [0.29, 0.717) is 18.1 Å². The average Bonchev–Trinajstić information content (AvgIpc) is 2.30. The van der Waals surface area contributed by atoms with E-state index in [1.54, 1.807) is 0 Å². The van der Waals surface area contributed by atoms with E-state index in [4.69, 9.17) is 11.6 Å². The Balaban J connectivity index is 1.72. The molecule has 0 amide bonds. The summed E-state index contributed by atoms with van der Waals surface area (Å²) in [4.78, 5) is 0. The highest BCUT2D eigenvalue weighted by molar-refractivity contribution is 6.20. The van der Waals surface area contributed by atoms with Gasteiger partial charge in [0.25, 0.3) is 0 Å². The van der Waals surface area contributed by atoms with Crippen LogP contribution in [0.4, 0.5) is 0 Å². The van der Waals surface area contributed by atoms with Crippen LogP contribution in [0.1, 0.15) is 45.4 Å². The van der Waals surface area contributed by atoms with Crippen molar-refractivity contribution >= 4 is 11.6 Å². The molecule has 0 bridgehead atoms. The molecule has 1 saturated carbocycles. The molecule has 2 rings (SSSR count). The molecule has 4 heteroatoms. The molecule has 1 saturated heterocycles. The lowest BCUT2D eigenvalue weighted by Crippen LogP contribution is -2.51. The zero-order valence-corrected chi connectivity index (χ0v) is 11.4. The first-order valence-corrected chi connectivity index (χ1v) is 7.40. The number of halogens is 1. The molecular formula is C13H25ClN2O. The van der Waals surface area contributed by atoms with Gasteiger partial charge in [0.1, 0.15) is 0 Å². The molecule has 5 unspecified atom stereocenters. The Kier molecular flexibility index (Phi) is 5.10. The van der Waals surface area contributed by atoms with Crippen molar-refractivity contribution in [3.63, 3.8) is 0 Å². The van der Waals surface area contributed by atoms with Crippen molar-refractivity contribution in [2.75, 3.05) is 6.54 Å². The summed E-state index contributed by atoms with van der Waals surface area (Å²) in [6.07, 6.45) is 6.76. The van der Waals surface area contributed by atoms with Crippen LogP contribution in [0.15, 0.2) is 0 Å². The van der Waals surface area contributed by atoms with Gasteiger partial charge in [0, 0.05) is 18.0 Å². The summed E-state index contributed by atoms with van der Waals surface area (Å²) in [5.41, 5.74) is 0. The van der Waals surface area contributed by atoms with E-state index >= 15 is 0 Å². The number of hydrogen-bond donors (Lipinski definition) is 3. The summed E-state index contributed by atoms with van der Waals surface area (Å²) in [6, 6.07) is 0.610. The smallest absolute Gasteiger partial charge is 0.0581 e. The average molecular weight is 261 g/mol. The van der Waals surface area contributed by atoms with Crippen molar-refractivity contribution in [1.29, 1.82) is 0 Å². The van der Waals surface area contributed by atoms with Gasteiger partial charge in [-0.05, 0) is 51.4 Å². The van der Waals surface area contributed by atoms with Crippen LogP contribution < -0.4 is 10.6 Å². The molecule has 0 spiro atoms. The molecule has 1 aliphatic carbocycles. The van der Waals surface area contributed by atoms with E-state index < -0.39 is 0 Å². The molecule has 2 aliphatic rings. The highest BCUT2D eigenvalue weighted by Gasteiger charge is 2.28. The number of aliphatic hydroxyl groups is 1. The zero-order valence-electron chi connectivity index (χ0n) is 10.7. The number of alkyl halides is 1. The van der Waals surface area contributed by atoms with Gasteiger partial charge in [-0.1, -0.05) is 0 Å². The summed E-state index contributed by atoms with van der Waals surface area (Å²) in [6.45, 7) is 3.12. The van der Waals surface area contributed by atoms with Crippen LogP contribution in [0, 0.1) is 5.92 Å². The van der Waals surface area contributed by atoms with Gasteiger partial charge in [-0.25, -0.2) is 0 Å². The number of piperidine rings is 1. The van der Waals surface area contributed by atoms with E-state index in [2.05, 4.69) is 17.6 Å². The van der Waals surface area contributed by atoms with Crippen molar-refractivity contribution < 1.29 is 5.11 Å². The summed E-state index contributed by atoms with van der Waals surface area (Å²) < 4.78 is 0. The summed E-state index contributed by atoms with van der Waals surface area (Å²) in [5, 5.41) is 17.3. The maximum Gasteiger partial charge on any atom is 0.0581 e. The van der Waals surface area contributed by atoms with Crippen LogP contribution in [0.5, 0.6) is 0 Å². The Morgan fingerprint density at radius 2 is 2.12 bits per heavy atom. The Morgan fingerprint density at radius 3 is 2.88 bits per heavy atom. The van der Waals surface area contributed by atoms with Crippen molar-refractivity contribution in [3.8, 4) is 0 Å². The highest BCUT2D eigenvalue weighted by atomic mass is 35.5. The molecule has 0 radical (unpaired) electrons. The lowest BCUT2D eigenvalue weighted by Gasteiger charge is -2.34. The van der Waals surface area contributed by atoms with Gasteiger partial charge in [0.15, 0.2) is 0 Å². The van der Waals surface area contributed by atoms with Crippen LogP contribution >= 0.6 is 11.6 Å². The summed E-state index contributed by atoms with van der Waals surface area (Å²) in [5.74, 6) is 0.324. The van der Waals surface area contributed by atoms with Gasteiger partial charge < -0.3 is 10.4 Å². The van der Waals surface area contributed by atoms with Gasteiger partial charge in [-0.3, -0.25) is 5.32 Å². The third-order valence-electron chi connectivity index (χ3n) is 4.12. The minimum atomic E-state index is -0.168. The second-order valence-corrected chi connectivity index (χ2v) is 6.31. The molecular weight excluding hydrogens is 236 g/mol. The lowest BCUT2D eigenvalue weighted by atomic mass is 9.86. The third kappa shape index (κ3) is 4.09. The predicted octanol–water partition coefficient (Wildman–Crippen LogP) is 1.83. The Labute approximate surface area is 109 Å². The second kappa shape index (κ2) is 6.37. The summed E-state index contributed by atoms with van der Waals surface area (Å²) >= 11 is 6.17. The maximum atomic E-state index is 9.95. The Bertz CT molecular complexity index is 239. The Morgan fingerprint density at radius 1 is 1.29 bits per heavy atom. The van der Waals surface area contributed by atoms with Gasteiger partial charge in [0.2, 0.25) is 0 Å². The van der Waals surface area contributed by atoms with Gasteiger partial charge in [-0.2, -0.15) is 0 Å². The summed E-state index contributed by atoms with van der Waals surface area (Å²) in [7, 11) is 0. The van der Waals surface area contributed by atoms with Crippen molar-refractivity contribution in [2.24, 2.45) is 5.92 Å². The lowest BCUT2D eigenvalue weighted by molar-refractivity contribution is 0.0675. The van der Waals surface area contributed by atoms with Crippen LogP contribution in [-0.2, 0) is 0 Å². The molecule has 3 nitrogen and oxygen atoms in total. The number of aliphatic hydroxyl groups excluding tert-OH is 1. The van der Waals surface area contributed by atoms with E-state index in [1.807, 2.05) is 0 Å². The first-order valence-electron chi connectivity index (χ1n) is 6.96. The molecule has 1 heterocycles. The normalized spacial score (nSPS) is 43.6. The van der Waals surface area contributed by atoms with E-state index in [-0.39, 0.29) is 11.5 Å². The Hall–Kier alpha value is 0.170. The van der Waals surface area contributed by atoms with Crippen LogP contribution in [-0.4, -0.2) is 35.3 Å². The van der Waals surface area contributed by atoms with Gasteiger partial charge in [0.05, 0.1) is 12.3 Å². The molecule has 0 aromatic carbocycles. The van der Waals surface area contributed by atoms with Crippen molar-refractivity contribution in [1.82, 2.24) is 10.6 Å².